The number of hydrogen-bond acceptors (Lipinski definition) is 4. The van der Waals surface area contributed by atoms with Crippen LogP contribution in [0.4, 0.5) is 0 Å². The summed E-state index contributed by atoms with van der Waals surface area (Å²) in [7, 11) is 0. The smallest absolute Gasteiger partial charge is 0.139 e. The minimum atomic E-state index is 0.587. The maximum Gasteiger partial charge on any atom is 0.139 e. The highest BCUT2D eigenvalue weighted by Crippen LogP contribution is 2.41. The number of fused-ring (bicyclic) bond motifs is 1. The number of aliphatic imine (C=N–C) groups is 1. The molecule has 1 aliphatic heterocycles. The lowest BCUT2D eigenvalue weighted by atomic mass is 10.1. The lowest BCUT2D eigenvalue weighted by Gasteiger charge is -2.05. The molecule has 0 spiro atoms. The molecule has 7 heteroatoms. The van der Waals surface area contributed by atoms with Crippen molar-refractivity contribution in [3.63, 3.8) is 0 Å². The average Bonchev–Trinajstić information content (AvgIpc) is 3.58. The predicted molar refractivity (Wildman–Crippen MR) is 152 cm³/mol. The molecule has 5 aromatic rings. The fourth-order valence-electron chi connectivity index (χ4n) is 3.90. The fourth-order valence-corrected chi connectivity index (χ4v) is 6.10. The molecule has 176 valence electrons. The third-order valence-corrected chi connectivity index (χ3v) is 8.40. The largest absolute Gasteiger partial charge is 0.456 e. The highest BCUT2D eigenvalue weighted by atomic mass is 35.5. The van der Waals surface area contributed by atoms with E-state index < -0.39 is 0 Å². The van der Waals surface area contributed by atoms with Gasteiger partial charge in [-0.1, -0.05) is 101 Å². The molecule has 3 aromatic carbocycles. The molecule has 0 aliphatic carbocycles. The van der Waals surface area contributed by atoms with Gasteiger partial charge >= 0.3 is 0 Å². The number of benzene rings is 3. The molecule has 0 saturated heterocycles. The zero-order valence-corrected chi connectivity index (χ0v) is 21.9. The van der Waals surface area contributed by atoms with Crippen LogP contribution in [0.2, 0.25) is 5.02 Å². The zero-order valence-electron chi connectivity index (χ0n) is 18.7. The number of nitrogens with zero attached hydrogens (tertiary/aromatic N) is 1. The van der Waals surface area contributed by atoms with Crippen molar-refractivity contribution in [2.24, 2.45) is 4.99 Å². The molecule has 36 heavy (non-hydrogen) atoms. The Hall–Kier alpha value is -3.09. The van der Waals surface area contributed by atoms with Gasteiger partial charge in [0, 0.05) is 15.2 Å². The Balaban J connectivity index is 1.47. The normalized spacial score (nSPS) is 14.7. The van der Waals surface area contributed by atoms with E-state index >= 15 is 0 Å². The molecule has 0 bridgehead atoms. The van der Waals surface area contributed by atoms with Crippen molar-refractivity contribution in [1.82, 2.24) is 4.98 Å². The number of furan rings is 1. The molecule has 6 rings (SSSR count). The van der Waals surface area contributed by atoms with Crippen molar-refractivity contribution in [2.75, 3.05) is 0 Å². The summed E-state index contributed by atoms with van der Waals surface area (Å²) >= 11 is 16.5. The van der Waals surface area contributed by atoms with Crippen LogP contribution in [-0.2, 0) is 0 Å². The number of aromatic nitrogens is 1. The molecule has 0 atom stereocenters. The number of H-pyrrole nitrogens is 1. The molecular weight excluding hydrogens is 527 g/mol. The van der Waals surface area contributed by atoms with Crippen molar-refractivity contribution in [1.29, 1.82) is 0 Å². The van der Waals surface area contributed by atoms with Crippen molar-refractivity contribution < 1.29 is 4.42 Å². The van der Waals surface area contributed by atoms with Crippen LogP contribution >= 0.6 is 46.7 Å². The summed E-state index contributed by atoms with van der Waals surface area (Å²) in [6.07, 6.45) is 1.88. The molecular formula is C29H18Cl2N2OS2. The second kappa shape index (κ2) is 10.1. The van der Waals surface area contributed by atoms with Gasteiger partial charge in [0.15, 0.2) is 0 Å². The summed E-state index contributed by atoms with van der Waals surface area (Å²) in [5.41, 5.74) is 3.13. The van der Waals surface area contributed by atoms with E-state index in [1.807, 2.05) is 91.0 Å². The van der Waals surface area contributed by atoms with Crippen LogP contribution in [0.3, 0.4) is 0 Å². The number of para-hydroxylation sites is 1. The van der Waals surface area contributed by atoms with Crippen LogP contribution in [-0.4, -0.2) is 10.0 Å². The summed E-state index contributed by atoms with van der Waals surface area (Å²) in [4.78, 5) is 10.6. The Morgan fingerprint density at radius 2 is 1.44 bits per heavy atom. The SMILES string of the molecule is ClC1=C/C(=C(/c2cc(Cl)c(Sc3ccccc3)[nH]2)c2cc3ccccc3o2)N=C1Sc1ccccc1. The summed E-state index contributed by atoms with van der Waals surface area (Å²) in [5, 5.41) is 3.82. The highest BCUT2D eigenvalue weighted by Gasteiger charge is 2.24. The minimum absolute atomic E-state index is 0.587. The summed E-state index contributed by atoms with van der Waals surface area (Å²) in [5.74, 6) is 0.691. The molecule has 2 aromatic heterocycles. The highest BCUT2D eigenvalue weighted by molar-refractivity contribution is 8.14. The van der Waals surface area contributed by atoms with Gasteiger partial charge in [0.05, 0.1) is 32.0 Å². The second-order valence-corrected chi connectivity index (χ2v) is 11.0. The van der Waals surface area contributed by atoms with Crippen molar-refractivity contribution in [3.8, 4) is 0 Å². The van der Waals surface area contributed by atoms with Crippen LogP contribution in [0.5, 0.6) is 0 Å². The Morgan fingerprint density at radius 3 is 2.17 bits per heavy atom. The Bertz CT molecular complexity index is 1620. The quantitative estimate of drug-likeness (QED) is 0.239. The monoisotopic (exact) mass is 544 g/mol. The maximum atomic E-state index is 6.69. The van der Waals surface area contributed by atoms with E-state index in [1.54, 1.807) is 11.8 Å². The third-order valence-electron chi connectivity index (χ3n) is 5.54. The molecule has 3 nitrogen and oxygen atoms in total. The van der Waals surface area contributed by atoms with Gasteiger partial charge in [0.25, 0.3) is 0 Å². The first-order chi connectivity index (χ1) is 17.6. The topological polar surface area (TPSA) is 41.3 Å². The first-order valence-corrected chi connectivity index (χ1v) is 13.6. The van der Waals surface area contributed by atoms with Gasteiger partial charge in [-0.05, 0) is 48.5 Å². The number of nitrogens with one attached hydrogen (secondary N) is 1. The first-order valence-electron chi connectivity index (χ1n) is 11.2. The van der Waals surface area contributed by atoms with Crippen LogP contribution < -0.4 is 0 Å². The summed E-state index contributed by atoms with van der Waals surface area (Å²) in [6, 6.07) is 32.1. The Kier molecular flexibility index (Phi) is 6.55. The second-order valence-electron chi connectivity index (χ2n) is 8.01. The summed E-state index contributed by atoms with van der Waals surface area (Å²) in [6.45, 7) is 0. The van der Waals surface area contributed by atoms with E-state index in [9.17, 15) is 0 Å². The van der Waals surface area contributed by atoms with E-state index in [4.69, 9.17) is 32.6 Å². The molecule has 1 N–H and O–H groups in total. The molecule has 1 aliphatic rings. The Labute approximate surface area is 226 Å². The van der Waals surface area contributed by atoms with Gasteiger partial charge in [0.2, 0.25) is 0 Å². The van der Waals surface area contributed by atoms with E-state index in [1.165, 1.54) is 11.8 Å². The third kappa shape index (κ3) is 4.80. The molecule has 0 saturated carbocycles. The van der Waals surface area contributed by atoms with E-state index in [0.29, 0.717) is 21.5 Å². The molecule has 3 heterocycles. The lowest BCUT2D eigenvalue weighted by molar-refractivity contribution is 0.599. The number of thioether (sulfide) groups is 1. The van der Waals surface area contributed by atoms with Crippen molar-refractivity contribution in [3.05, 3.63) is 130 Å². The Morgan fingerprint density at radius 1 is 0.778 bits per heavy atom. The van der Waals surface area contributed by atoms with E-state index in [0.717, 1.165) is 42.1 Å². The maximum absolute atomic E-state index is 6.69. The fraction of sp³-hybridized carbons (Fsp3) is 0. The van der Waals surface area contributed by atoms with E-state index in [2.05, 4.69) is 17.1 Å². The van der Waals surface area contributed by atoms with Gasteiger partial charge in [-0.15, -0.1) is 0 Å². The van der Waals surface area contributed by atoms with Crippen molar-refractivity contribution >= 4 is 68.3 Å². The summed E-state index contributed by atoms with van der Waals surface area (Å²) < 4.78 is 6.28. The zero-order chi connectivity index (χ0) is 24.5. The number of rotatable bonds is 5. The van der Waals surface area contributed by atoms with Gasteiger partial charge in [0.1, 0.15) is 16.4 Å². The van der Waals surface area contributed by atoms with Gasteiger partial charge in [-0.3, -0.25) is 0 Å². The number of halogens is 2. The van der Waals surface area contributed by atoms with Gasteiger partial charge in [-0.2, -0.15) is 0 Å². The molecule has 0 amide bonds. The average molecular weight is 546 g/mol. The van der Waals surface area contributed by atoms with Gasteiger partial charge < -0.3 is 9.40 Å². The first kappa shape index (κ1) is 23.3. The number of hydrogen-bond donors (Lipinski definition) is 1. The van der Waals surface area contributed by atoms with Crippen LogP contribution in [0, 0.1) is 0 Å². The standard InChI is InChI=1S/C29H18Cl2N2OS2/c30-21-16-23(32-28(21)35-19-10-3-1-4-11-19)27(26-15-18-9-7-8-14-25(18)34-26)24-17-22(31)29(33-24)36-20-12-5-2-6-13-20/h1-17,32H/b27-24+. The lowest BCUT2D eigenvalue weighted by Crippen LogP contribution is -1.91. The van der Waals surface area contributed by atoms with E-state index in [-0.39, 0.29) is 0 Å². The molecule has 0 radical (unpaired) electrons. The van der Waals surface area contributed by atoms with Crippen molar-refractivity contribution in [2.45, 2.75) is 14.8 Å². The van der Waals surface area contributed by atoms with Crippen LogP contribution in [0.25, 0.3) is 16.5 Å². The van der Waals surface area contributed by atoms with Crippen LogP contribution in [0.15, 0.2) is 138 Å². The molecule has 0 unspecified atom stereocenters. The van der Waals surface area contributed by atoms with Crippen LogP contribution in [0.1, 0.15) is 11.5 Å². The number of aromatic amines is 1. The predicted octanol–water partition coefficient (Wildman–Crippen LogP) is 9.65. The number of allylic oxidation sites excluding steroid dienone is 1. The van der Waals surface area contributed by atoms with Gasteiger partial charge in [-0.25, -0.2) is 4.99 Å². The molecule has 0 fully saturated rings. The minimum Gasteiger partial charge on any atom is -0.456 e.